The molecule has 0 unspecified atom stereocenters. The van der Waals surface area contributed by atoms with Gasteiger partial charge in [-0.1, -0.05) is 12.1 Å². The van der Waals surface area contributed by atoms with Crippen molar-refractivity contribution in [3.05, 3.63) is 29.8 Å². The number of carbonyl (C=O) groups excluding carboxylic acids is 3. The van der Waals surface area contributed by atoms with Crippen LogP contribution in [0, 0.1) is 0 Å². The van der Waals surface area contributed by atoms with E-state index in [1.165, 1.54) is 19.1 Å². The van der Waals surface area contributed by atoms with E-state index in [9.17, 15) is 9.59 Å². The van der Waals surface area contributed by atoms with Gasteiger partial charge in [0.2, 0.25) is 0 Å². The molecule has 0 atom stereocenters. The molecule has 0 amide bonds. The second kappa shape index (κ2) is 23.1. The zero-order valence-corrected chi connectivity index (χ0v) is 16.1. The van der Waals surface area contributed by atoms with Gasteiger partial charge in [-0.2, -0.15) is 0 Å². The molecule has 12 nitrogen and oxygen atoms in total. The fourth-order valence-corrected chi connectivity index (χ4v) is 0.887. The van der Waals surface area contributed by atoms with Crippen LogP contribution < -0.4 is 25.8 Å². The number of carboxylic acid groups (broad SMARTS) is 4. The molecule has 0 aromatic heterocycles. The Morgan fingerprint density at radius 3 is 1.69 bits per heavy atom. The Kier molecular flexibility index (Phi) is 34.8. The topological polar surface area (TPSA) is 253 Å². The minimum atomic E-state index is -2.33. The Morgan fingerprint density at radius 1 is 1.08 bits per heavy atom. The number of ether oxygens (including phenoxy) is 1. The molecule has 0 aliphatic carbocycles. The second-order valence-corrected chi connectivity index (χ2v) is 3.22. The maximum Gasteiger partial charge on any atom is 3.00 e. The van der Waals surface area contributed by atoms with Crippen LogP contribution in [-0.4, -0.2) is 87.1 Å². The van der Waals surface area contributed by atoms with Crippen LogP contribution in [0.2, 0.25) is 0 Å². The van der Waals surface area contributed by atoms with Gasteiger partial charge in [-0.05, 0) is 18.3 Å². The summed E-state index contributed by atoms with van der Waals surface area (Å²) in [7, 11) is 0. The molecule has 0 saturated carbocycles. The maximum atomic E-state index is 10.6. The first kappa shape index (κ1) is 39.2. The predicted octanol–water partition coefficient (Wildman–Crippen LogP) is -4.56. The summed E-state index contributed by atoms with van der Waals surface area (Å²) in [6.45, 7) is 0.832. The molecule has 1 aromatic carbocycles. The molecular formula is C12H14AlMgNO11. The Balaban J connectivity index is -0.0000000663. The molecule has 5 N–H and O–H groups in total. The number of aromatic carboxylic acids is 1. The van der Waals surface area contributed by atoms with Crippen molar-refractivity contribution in [1.82, 2.24) is 0 Å². The zero-order chi connectivity index (χ0) is 17.7. The molecule has 1 rings (SSSR count). The molecule has 26 heavy (non-hydrogen) atoms. The van der Waals surface area contributed by atoms with Crippen LogP contribution in [0.25, 0.3) is 0 Å². The van der Waals surface area contributed by atoms with Crippen molar-refractivity contribution < 1.29 is 55.3 Å². The first-order chi connectivity index (χ1) is 10.1. The van der Waals surface area contributed by atoms with E-state index in [1.54, 1.807) is 12.1 Å². The standard InChI is InChI=1S/C9H8O4.C2H5NO2.CH2O3.Al.Mg.2H2O/c1-6(10)13-8-5-3-2-4-7(8)9(11)12;3-1-2(4)5;2-1(3)4;;;;/h2-5H,1H3,(H,11,12);1,3H2,(H,4,5);(H2,2,3,4);;;2*1H2/q;;;+3;+2;;/p-5. The number of para-hydroxylation sites is 1. The summed E-state index contributed by atoms with van der Waals surface area (Å²) >= 11 is 0. The monoisotopic (exact) mass is 399 g/mol. The van der Waals surface area contributed by atoms with E-state index in [2.05, 4.69) is 10.5 Å². The van der Waals surface area contributed by atoms with Gasteiger partial charge in [0, 0.05) is 13.5 Å². The number of rotatable bonds is 3. The van der Waals surface area contributed by atoms with Gasteiger partial charge >= 0.3 is 52.4 Å². The number of benzene rings is 1. The smallest absolute Gasteiger partial charge is 0.870 e. The third-order valence-electron chi connectivity index (χ3n) is 1.54. The molecule has 0 spiro atoms. The number of carbonyl (C=O) groups is 4. The number of hydrogen-bond donors (Lipinski definition) is 2. The van der Waals surface area contributed by atoms with Gasteiger partial charge in [0.05, 0.1) is 5.97 Å². The summed E-state index contributed by atoms with van der Waals surface area (Å²) < 4.78 is 4.69. The van der Waals surface area contributed by atoms with Gasteiger partial charge in [-0.15, -0.1) is 0 Å². The summed E-state index contributed by atoms with van der Waals surface area (Å²) in [5.41, 5.74) is 4.49. The Labute approximate surface area is 174 Å². The van der Waals surface area contributed by atoms with E-state index in [1.807, 2.05) is 0 Å². The Hall–Kier alpha value is -1.92. The van der Waals surface area contributed by atoms with E-state index >= 15 is 0 Å². The average Bonchev–Trinajstić information content (AvgIpc) is 2.38. The molecule has 14 heteroatoms. The fraction of sp³-hybridized carbons (Fsp3) is 0.167. The number of aliphatic carboxylic acids is 1. The van der Waals surface area contributed by atoms with Crippen molar-refractivity contribution in [2.45, 2.75) is 6.92 Å². The van der Waals surface area contributed by atoms with Gasteiger partial charge in [-0.3, -0.25) is 4.79 Å². The SMILES string of the molecule is CC(=O)Oc1ccccc1C(=O)O.NCC(=O)[O-].O=C([O-])[O-].[Al+3].[Mg+2].[OH-].[OH-]. The van der Waals surface area contributed by atoms with Crippen molar-refractivity contribution in [3.8, 4) is 5.75 Å². The van der Waals surface area contributed by atoms with E-state index in [4.69, 9.17) is 30.0 Å². The molecule has 0 heterocycles. The largest absolute Gasteiger partial charge is 3.00 e. The summed E-state index contributed by atoms with van der Waals surface area (Å²) in [4.78, 5) is 38.7. The third-order valence-corrected chi connectivity index (χ3v) is 1.54. The van der Waals surface area contributed by atoms with Crippen LogP contribution in [0.4, 0.5) is 4.79 Å². The molecule has 0 bridgehead atoms. The van der Waals surface area contributed by atoms with Crippen LogP contribution in [0.3, 0.4) is 0 Å². The van der Waals surface area contributed by atoms with E-state index in [-0.39, 0.29) is 69.2 Å². The Morgan fingerprint density at radius 2 is 1.42 bits per heavy atom. The minimum Gasteiger partial charge on any atom is -0.870 e. The van der Waals surface area contributed by atoms with Crippen molar-refractivity contribution >= 4 is 64.5 Å². The average molecular weight is 400 g/mol. The number of carboxylic acids is 2. The van der Waals surface area contributed by atoms with Crippen molar-refractivity contribution in [1.29, 1.82) is 0 Å². The normalized spacial score (nSPS) is 7.00. The molecule has 0 saturated heterocycles. The van der Waals surface area contributed by atoms with Crippen molar-refractivity contribution in [3.63, 3.8) is 0 Å². The van der Waals surface area contributed by atoms with Crippen molar-refractivity contribution in [2.24, 2.45) is 5.73 Å². The molecule has 0 aliphatic heterocycles. The van der Waals surface area contributed by atoms with Gasteiger partial charge < -0.3 is 51.4 Å². The van der Waals surface area contributed by atoms with Crippen LogP contribution in [0.1, 0.15) is 17.3 Å². The first-order valence-corrected chi connectivity index (χ1v) is 5.40. The third kappa shape index (κ3) is 27.0. The Bertz CT molecular complexity index is 538. The van der Waals surface area contributed by atoms with Gasteiger partial charge in [0.1, 0.15) is 11.3 Å². The number of esters is 1. The van der Waals surface area contributed by atoms with E-state index in [0.29, 0.717) is 0 Å². The molecule has 0 aliphatic rings. The van der Waals surface area contributed by atoms with Crippen molar-refractivity contribution in [2.75, 3.05) is 6.54 Å². The second-order valence-electron chi connectivity index (χ2n) is 3.22. The minimum absolute atomic E-state index is 0. The quantitative estimate of drug-likeness (QED) is 0.276. The molecule has 0 fully saturated rings. The van der Waals surface area contributed by atoms with Crippen LogP contribution >= 0.6 is 0 Å². The van der Waals surface area contributed by atoms with E-state index in [0.717, 1.165) is 0 Å². The molecule has 138 valence electrons. The zero-order valence-electron chi connectivity index (χ0n) is 13.5. The summed E-state index contributed by atoms with van der Waals surface area (Å²) in [5.74, 6) is -2.79. The first-order valence-electron chi connectivity index (χ1n) is 5.40. The molecule has 1 aromatic rings. The van der Waals surface area contributed by atoms with Crippen LogP contribution in [-0.2, 0) is 9.59 Å². The van der Waals surface area contributed by atoms with Gasteiger partial charge in [0.25, 0.3) is 0 Å². The number of hydrogen-bond acceptors (Lipinski definition) is 11. The van der Waals surface area contributed by atoms with E-state index < -0.39 is 24.1 Å². The van der Waals surface area contributed by atoms with Gasteiger partial charge in [0.15, 0.2) is 0 Å². The molecule has 0 radical (unpaired) electrons. The van der Waals surface area contributed by atoms with Crippen LogP contribution in [0.5, 0.6) is 5.75 Å². The fourth-order valence-electron chi connectivity index (χ4n) is 0.887. The maximum absolute atomic E-state index is 10.6. The summed E-state index contributed by atoms with van der Waals surface area (Å²) in [6, 6.07) is 5.98. The summed E-state index contributed by atoms with van der Waals surface area (Å²) in [5, 5.41) is 34.5. The van der Waals surface area contributed by atoms with Crippen LogP contribution in [0.15, 0.2) is 24.3 Å². The summed E-state index contributed by atoms with van der Waals surface area (Å²) in [6.07, 6.45) is -2.33. The predicted molar refractivity (Wildman–Crippen MR) is 79.5 cm³/mol. The number of nitrogens with two attached hydrogens (primary N) is 1. The van der Waals surface area contributed by atoms with Gasteiger partial charge in [-0.25, -0.2) is 4.79 Å². The molecular weight excluding hydrogens is 385 g/mol.